The first-order chi connectivity index (χ1) is 4.83. The molecule has 0 fully saturated rings. The first-order valence-corrected chi connectivity index (χ1v) is 3.93. The Bertz CT molecular complexity index is 233. The maximum absolute atomic E-state index is 10.6. The fourth-order valence-corrected chi connectivity index (χ4v) is 0.775. The third-order valence-corrected chi connectivity index (χ3v) is 1.51. The summed E-state index contributed by atoms with van der Waals surface area (Å²) in [6.45, 7) is 3.29. The molecule has 1 atom stereocenters. The van der Waals surface area contributed by atoms with Crippen LogP contribution >= 0.6 is 8.03 Å². The average molecular weight is 159 g/mol. The summed E-state index contributed by atoms with van der Waals surface area (Å²) in [5.74, 6) is 1.46. The van der Waals surface area contributed by atoms with E-state index in [9.17, 15) is 4.57 Å². The fourth-order valence-electron chi connectivity index (χ4n) is 0.386. The van der Waals surface area contributed by atoms with Gasteiger partial charge >= 0.3 is 0 Å². The van der Waals surface area contributed by atoms with Crippen LogP contribution in [0.25, 0.3) is 0 Å². The lowest BCUT2D eigenvalue weighted by Crippen LogP contribution is -1.77. The summed E-state index contributed by atoms with van der Waals surface area (Å²) in [4.78, 5) is 0. The van der Waals surface area contributed by atoms with Crippen molar-refractivity contribution in [3.05, 3.63) is 18.6 Å². The Morgan fingerprint density at radius 1 is 1.90 bits per heavy atom. The molecule has 1 N–H and O–H groups in total. The number of nitrogens with zero attached hydrogens (tertiary/aromatic N) is 2. The molecular weight excluding hydrogens is 153 g/mol. The molecule has 1 aromatic heterocycles. The Kier molecular flexibility index (Phi) is 2.23. The van der Waals surface area contributed by atoms with Crippen LogP contribution in [0, 0.1) is 0 Å². The van der Waals surface area contributed by atoms with Gasteiger partial charge in [-0.25, -0.2) is 0 Å². The van der Waals surface area contributed by atoms with Crippen LogP contribution in [0.3, 0.4) is 0 Å². The van der Waals surface area contributed by atoms with E-state index in [4.69, 9.17) is 4.52 Å². The maximum Gasteiger partial charge on any atom is 0.260 e. The van der Waals surface area contributed by atoms with Gasteiger partial charge < -0.3 is 4.52 Å². The SMILES string of the molecule is C=C[PH](=O)Oc1c[nH]nn1. The molecule has 0 amide bonds. The highest BCUT2D eigenvalue weighted by Crippen LogP contribution is 2.23. The van der Waals surface area contributed by atoms with Crippen LogP contribution in [0.2, 0.25) is 0 Å². The highest BCUT2D eigenvalue weighted by atomic mass is 31.1. The normalized spacial score (nSPS) is 12.4. The lowest BCUT2D eigenvalue weighted by molar-refractivity contribution is 0.503. The smallest absolute Gasteiger partial charge is 0.260 e. The van der Waals surface area contributed by atoms with Crippen molar-refractivity contribution in [1.29, 1.82) is 0 Å². The third-order valence-electron chi connectivity index (χ3n) is 0.766. The topological polar surface area (TPSA) is 67.9 Å². The molecule has 1 unspecified atom stereocenters. The molecule has 1 aromatic rings. The van der Waals surface area contributed by atoms with Crippen LogP contribution in [-0.2, 0) is 4.57 Å². The van der Waals surface area contributed by atoms with Crippen molar-refractivity contribution in [2.75, 3.05) is 0 Å². The molecular formula is C4H6N3O2P. The lowest BCUT2D eigenvalue weighted by Gasteiger charge is -1.93. The molecule has 5 nitrogen and oxygen atoms in total. The van der Waals surface area contributed by atoms with Gasteiger partial charge in [0.25, 0.3) is 13.9 Å². The highest BCUT2D eigenvalue weighted by molar-refractivity contribution is 7.43. The second kappa shape index (κ2) is 3.17. The molecule has 0 saturated heterocycles. The van der Waals surface area contributed by atoms with Gasteiger partial charge in [0.2, 0.25) is 0 Å². The molecule has 0 aliphatic heterocycles. The quantitative estimate of drug-likeness (QED) is 0.662. The molecule has 54 valence electrons. The zero-order chi connectivity index (χ0) is 7.40. The van der Waals surface area contributed by atoms with Crippen molar-refractivity contribution < 1.29 is 9.09 Å². The lowest BCUT2D eigenvalue weighted by atomic mass is 10.9. The molecule has 0 saturated carbocycles. The number of aromatic nitrogens is 3. The second-order valence-corrected chi connectivity index (χ2v) is 2.69. The zero-order valence-corrected chi connectivity index (χ0v) is 6.07. The van der Waals surface area contributed by atoms with Gasteiger partial charge in [-0.15, -0.1) is 0 Å². The second-order valence-electron chi connectivity index (χ2n) is 1.44. The minimum absolute atomic E-state index is 0.226. The Morgan fingerprint density at radius 3 is 3.20 bits per heavy atom. The average Bonchev–Trinajstić information content (AvgIpc) is 2.40. The Labute approximate surface area is 58.0 Å². The monoisotopic (exact) mass is 159 g/mol. The molecule has 0 radical (unpaired) electrons. The number of aromatic amines is 1. The van der Waals surface area contributed by atoms with E-state index in [1.807, 2.05) is 0 Å². The van der Waals surface area contributed by atoms with Crippen molar-refractivity contribution in [1.82, 2.24) is 15.4 Å². The van der Waals surface area contributed by atoms with Crippen molar-refractivity contribution in [3.8, 4) is 5.88 Å². The van der Waals surface area contributed by atoms with Gasteiger partial charge in [0.05, 0.1) is 6.20 Å². The Balaban J connectivity index is 2.56. The molecule has 10 heavy (non-hydrogen) atoms. The van der Waals surface area contributed by atoms with Crippen molar-refractivity contribution >= 4 is 8.03 Å². The predicted octanol–water partition coefficient (Wildman–Crippen LogP) is 0.802. The molecule has 0 bridgehead atoms. The minimum atomic E-state index is -2.16. The third kappa shape index (κ3) is 1.70. The maximum atomic E-state index is 10.6. The van der Waals surface area contributed by atoms with Gasteiger partial charge in [-0.1, -0.05) is 16.9 Å². The number of H-pyrrole nitrogens is 1. The summed E-state index contributed by atoms with van der Waals surface area (Å²) in [6, 6.07) is 0. The van der Waals surface area contributed by atoms with E-state index >= 15 is 0 Å². The van der Waals surface area contributed by atoms with Gasteiger partial charge in [0, 0.05) is 5.82 Å². The molecule has 1 heterocycles. The number of hydrogen-bond donors (Lipinski definition) is 1. The largest absolute Gasteiger partial charge is 0.421 e. The number of nitrogens with one attached hydrogen (secondary N) is 1. The van der Waals surface area contributed by atoms with Crippen LogP contribution in [0.4, 0.5) is 0 Å². The minimum Gasteiger partial charge on any atom is -0.421 e. The summed E-state index contributed by atoms with van der Waals surface area (Å²) in [7, 11) is -2.16. The van der Waals surface area contributed by atoms with E-state index in [1.54, 1.807) is 0 Å². The number of rotatable bonds is 3. The van der Waals surface area contributed by atoms with Gasteiger partial charge in [-0.05, 0) is 0 Å². The van der Waals surface area contributed by atoms with Crippen molar-refractivity contribution in [3.63, 3.8) is 0 Å². The van der Waals surface area contributed by atoms with Gasteiger partial charge in [-0.3, -0.25) is 9.66 Å². The van der Waals surface area contributed by atoms with E-state index in [1.165, 1.54) is 12.0 Å². The van der Waals surface area contributed by atoms with E-state index in [-0.39, 0.29) is 5.88 Å². The first kappa shape index (κ1) is 7.02. The van der Waals surface area contributed by atoms with Gasteiger partial charge in [-0.2, -0.15) is 0 Å². The van der Waals surface area contributed by atoms with E-state index in [0.29, 0.717) is 0 Å². The van der Waals surface area contributed by atoms with Gasteiger partial charge in [0.1, 0.15) is 0 Å². The predicted molar refractivity (Wildman–Crippen MR) is 36.2 cm³/mol. The molecule has 0 aliphatic carbocycles. The standard InChI is InChI=1S/C4H6N3O2P/c1-2-10(8)9-4-3-5-7-6-4/h2-3,10H,1H2,(H,5,6,7). The van der Waals surface area contributed by atoms with E-state index in [0.717, 1.165) is 0 Å². The molecule has 0 spiro atoms. The van der Waals surface area contributed by atoms with Crippen LogP contribution in [-0.4, -0.2) is 15.4 Å². The molecule has 0 aromatic carbocycles. The first-order valence-electron chi connectivity index (χ1n) is 2.53. The van der Waals surface area contributed by atoms with E-state index in [2.05, 4.69) is 22.0 Å². The Hall–Kier alpha value is -1.09. The molecule has 0 aliphatic rings. The van der Waals surface area contributed by atoms with Crippen LogP contribution in [0.1, 0.15) is 0 Å². The van der Waals surface area contributed by atoms with Crippen LogP contribution < -0.4 is 4.52 Å². The summed E-state index contributed by atoms with van der Waals surface area (Å²) >= 11 is 0. The summed E-state index contributed by atoms with van der Waals surface area (Å²) in [5.41, 5.74) is 0. The summed E-state index contributed by atoms with van der Waals surface area (Å²) in [5, 5.41) is 9.22. The zero-order valence-electron chi connectivity index (χ0n) is 5.07. The van der Waals surface area contributed by atoms with Crippen molar-refractivity contribution in [2.24, 2.45) is 0 Å². The summed E-state index contributed by atoms with van der Waals surface area (Å²) in [6.07, 6.45) is 1.41. The Morgan fingerprint density at radius 2 is 2.70 bits per heavy atom. The number of hydrogen-bond acceptors (Lipinski definition) is 4. The summed E-state index contributed by atoms with van der Waals surface area (Å²) < 4.78 is 15.4. The van der Waals surface area contributed by atoms with Crippen LogP contribution in [0.5, 0.6) is 5.88 Å². The van der Waals surface area contributed by atoms with E-state index < -0.39 is 8.03 Å². The highest BCUT2D eigenvalue weighted by Gasteiger charge is 1.97. The molecule has 6 heteroatoms. The van der Waals surface area contributed by atoms with Crippen LogP contribution in [0.15, 0.2) is 18.6 Å². The van der Waals surface area contributed by atoms with Gasteiger partial charge in [0.15, 0.2) is 0 Å². The van der Waals surface area contributed by atoms with Crippen molar-refractivity contribution in [2.45, 2.75) is 0 Å². The molecule has 1 rings (SSSR count). The fraction of sp³-hybridized carbons (Fsp3) is 0.